The molecule has 0 aromatic heterocycles. The molecule has 2 saturated heterocycles. The molecule has 2 heterocycles. The molecule has 0 aromatic carbocycles. The lowest BCUT2D eigenvalue weighted by Gasteiger charge is -2.31. The molecular formula is C11H16O4. The van der Waals surface area contributed by atoms with Crippen LogP contribution in [0.1, 0.15) is 0 Å². The first kappa shape index (κ1) is 8.93. The molecule has 84 valence electrons. The first-order chi connectivity index (χ1) is 7.33. The van der Waals surface area contributed by atoms with E-state index in [2.05, 4.69) is 0 Å². The molecule has 0 unspecified atom stereocenters. The fourth-order valence-electron chi connectivity index (χ4n) is 4.63. The lowest BCUT2D eigenvalue weighted by Crippen LogP contribution is -2.41. The normalized spacial score (nSPS) is 58.0. The third kappa shape index (κ3) is 0.722. The van der Waals surface area contributed by atoms with E-state index in [1.807, 2.05) is 0 Å². The SMILES string of the molecule is COC1(OC)[C@@H]2[C@@H]3CO[C@H]2[C@@H]2OC[C@H]3[C@@H]21. The maximum atomic E-state index is 5.84. The van der Waals surface area contributed by atoms with Crippen molar-refractivity contribution in [2.75, 3.05) is 27.4 Å². The minimum absolute atomic E-state index is 0.207. The van der Waals surface area contributed by atoms with Crippen molar-refractivity contribution in [1.82, 2.24) is 0 Å². The Morgan fingerprint density at radius 3 is 1.80 bits per heavy atom. The molecular weight excluding hydrogens is 196 g/mol. The highest BCUT2D eigenvalue weighted by atomic mass is 16.7. The zero-order chi connectivity index (χ0) is 10.2. The molecule has 0 aromatic rings. The van der Waals surface area contributed by atoms with Crippen LogP contribution >= 0.6 is 0 Å². The molecule has 2 aliphatic heterocycles. The van der Waals surface area contributed by atoms with Crippen LogP contribution in [0.25, 0.3) is 0 Å². The van der Waals surface area contributed by atoms with Gasteiger partial charge in [0.05, 0.1) is 25.4 Å². The molecule has 2 saturated carbocycles. The summed E-state index contributed by atoms with van der Waals surface area (Å²) in [7, 11) is 3.50. The fraction of sp³-hybridized carbons (Fsp3) is 1.00. The van der Waals surface area contributed by atoms with E-state index in [4.69, 9.17) is 18.9 Å². The molecule has 4 heteroatoms. The summed E-state index contributed by atoms with van der Waals surface area (Å²) in [4.78, 5) is 0. The lowest BCUT2D eigenvalue weighted by molar-refractivity contribution is -0.240. The van der Waals surface area contributed by atoms with Crippen molar-refractivity contribution >= 4 is 0 Å². The Kier molecular flexibility index (Phi) is 1.53. The molecule has 0 amide bonds. The third-order valence-electron chi connectivity index (χ3n) is 5.03. The van der Waals surface area contributed by atoms with Crippen LogP contribution in [0.4, 0.5) is 0 Å². The van der Waals surface area contributed by atoms with Crippen molar-refractivity contribution in [2.24, 2.45) is 23.7 Å². The molecule has 4 fully saturated rings. The Morgan fingerprint density at radius 1 is 0.933 bits per heavy atom. The first-order valence-corrected chi connectivity index (χ1v) is 5.67. The molecule has 0 N–H and O–H groups in total. The predicted octanol–water partition coefficient (Wildman–Crippen LogP) is 0.265. The van der Waals surface area contributed by atoms with Crippen LogP contribution < -0.4 is 0 Å². The van der Waals surface area contributed by atoms with Gasteiger partial charge in [-0.1, -0.05) is 0 Å². The van der Waals surface area contributed by atoms with Crippen molar-refractivity contribution in [3.05, 3.63) is 0 Å². The summed E-state index contributed by atoms with van der Waals surface area (Å²) in [5.41, 5.74) is 0. The number of rotatable bonds is 2. The second-order valence-corrected chi connectivity index (χ2v) is 5.10. The van der Waals surface area contributed by atoms with Crippen molar-refractivity contribution < 1.29 is 18.9 Å². The molecule has 0 spiro atoms. The Bertz CT molecular complexity index is 255. The predicted molar refractivity (Wildman–Crippen MR) is 50.2 cm³/mol. The van der Waals surface area contributed by atoms with Gasteiger partial charge in [-0.2, -0.15) is 0 Å². The molecule has 6 atom stereocenters. The molecule has 2 aliphatic carbocycles. The highest BCUT2D eigenvalue weighted by molar-refractivity contribution is 5.21. The van der Waals surface area contributed by atoms with Crippen LogP contribution in [-0.4, -0.2) is 45.4 Å². The zero-order valence-electron chi connectivity index (χ0n) is 9.01. The summed E-state index contributed by atoms with van der Waals surface area (Å²) in [6.45, 7) is 1.73. The molecule has 2 bridgehead atoms. The van der Waals surface area contributed by atoms with Gasteiger partial charge >= 0.3 is 0 Å². The van der Waals surface area contributed by atoms with Crippen molar-refractivity contribution in [1.29, 1.82) is 0 Å². The second-order valence-electron chi connectivity index (χ2n) is 5.10. The minimum atomic E-state index is -0.433. The van der Waals surface area contributed by atoms with E-state index in [0.29, 0.717) is 23.7 Å². The summed E-state index contributed by atoms with van der Waals surface area (Å²) in [5.74, 6) is 1.50. The maximum Gasteiger partial charge on any atom is 0.179 e. The number of ether oxygens (including phenoxy) is 4. The van der Waals surface area contributed by atoms with E-state index in [1.54, 1.807) is 14.2 Å². The van der Waals surface area contributed by atoms with Gasteiger partial charge in [0, 0.05) is 26.1 Å². The zero-order valence-corrected chi connectivity index (χ0v) is 9.01. The first-order valence-electron chi connectivity index (χ1n) is 5.67. The number of hydrogen-bond acceptors (Lipinski definition) is 4. The Labute approximate surface area is 88.8 Å². The van der Waals surface area contributed by atoms with Gasteiger partial charge in [0.25, 0.3) is 0 Å². The van der Waals surface area contributed by atoms with E-state index >= 15 is 0 Å². The maximum absolute atomic E-state index is 5.84. The standard InChI is InChI=1S/C11H16O4/c1-12-11(13-2)7-5-3-14-9(7)10-8(11)6(5)4-15-10/h5-10H,3-4H2,1-2H3/t5-,6-,7-,8+,9-,10-/m1/s1. The summed E-state index contributed by atoms with van der Waals surface area (Å²) < 4.78 is 23.1. The monoisotopic (exact) mass is 212 g/mol. The van der Waals surface area contributed by atoms with Gasteiger partial charge < -0.3 is 18.9 Å². The molecule has 4 nitrogen and oxygen atoms in total. The van der Waals surface area contributed by atoms with Crippen molar-refractivity contribution in [2.45, 2.75) is 18.0 Å². The lowest BCUT2D eigenvalue weighted by atomic mass is 9.82. The van der Waals surface area contributed by atoms with E-state index in [1.165, 1.54) is 0 Å². The topological polar surface area (TPSA) is 36.9 Å². The smallest absolute Gasteiger partial charge is 0.179 e. The minimum Gasteiger partial charge on any atom is -0.375 e. The Morgan fingerprint density at radius 2 is 1.40 bits per heavy atom. The Balaban J connectivity index is 1.87. The van der Waals surface area contributed by atoms with Gasteiger partial charge in [-0.25, -0.2) is 0 Å². The van der Waals surface area contributed by atoms with E-state index < -0.39 is 5.79 Å². The average Bonchev–Trinajstić information content (AvgIpc) is 2.84. The van der Waals surface area contributed by atoms with E-state index in [9.17, 15) is 0 Å². The van der Waals surface area contributed by atoms with Crippen molar-refractivity contribution in [3.8, 4) is 0 Å². The van der Waals surface area contributed by atoms with Gasteiger partial charge in [0.15, 0.2) is 5.79 Å². The fourth-order valence-corrected chi connectivity index (χ4v) is 4.63. The molecule has 4 rings (SSSR count). The highest BCUT2D eigenvalue weighted by Crippen LogP contribution is 2.67. The number of methoxy groups -OCH3 is 2. The second kappa shape index (κ2) is 2.56. The quantitative estimate of drug-likeness (QED) is 0.615. The summed E-state index contributed by atoms with van der Waals surface area (Å²) in [6.07, 6.45) is 0.414. The number of fused-ring (bicyclic) bond motifs is 2. The van der Waals surface area contributed by atoms with Crippen LogP contribution in [0.2, 0.25) is 0 Å². The highest BCUT2D eigenvalue weighted by Gasteiger charge is 2.78. The largest absolute Gasteiger partial charge is 0.375 e. The van der Waals surface area contributed by atoms with Gasteiger partial charge in [-0.05, 0) is 11.8 Å². The van der Waals surface area contributed by atoms with Gasteiger partial charge in [0.1, 0.15) is 0 Å². The molecule has 0 radical (unpaired) electrons. The molecule has 15 heavy (non-hydrogen) atoms. The van der Waals surface area contributed by atoms with Crippen LogP contribution in [0.3, 0.4) is 0 Å². The summed E-state index contributed by atoms with van der Waals surface area (Å²) in [5, 5.41) is 0. The third-order valence-corrected chi connectivity index (χ3v) is 5.03. The van der Waals surface area contributed by atoms with Gasteiger partial charge in [-0.3, -0.25) is 0 Å². The van der Waals surface area contributed by atoms with E-state index in [0.717, 1.165) is 13.2 Å². The van der Waals surface area contributed by atoms with Crippen LogP contribution in [-0.2, 0) is 18.9 Å². The van der Waals surface area contributed by atoms with Gasteiger partial charge in [0.2, 0.25) is 0 Å². The van der Waals surface area contributed by atoms with Crippen molar-refractivity contribution in [3.63, 3.8) is 0 Å². The van der Waals surface area contributed by atoms with E-state index in [-0.39, 0.29) is 12.2 Å². The number of hydrogen-bond donors (Lipinski definition) is 0. The average molecular weight is 212 g/mol. The van der Waals surface area contributed by atoms with Crippen LogP contribution in [0.15, 0.2) is 0 Å². The van der Waals surface area contributed by atoms with Crippen LogP contribution in [0, 0.1) is 23.7 Å². The Hall–Kier alpha value is -0.160. The molecule has 4 aliphatic rings. The van der Waals surface area contributed by atoms with Crippen LogP contribution in [0.5, 0.6) is 0 Å². The summed E-state index contributed by atoms with van der Waals surface area (Å²) >= 11 is 0. The van der Waals surface area contributed by atoms with Gasteiger partial charge in [-0.15, -0.1) is 0 Å². The summed E-state index contributed by atoms with van der Waals surface area (Å²) in [6, 6.07) is 0.